The van der Waals surface area contributed by atoms with Crippen molar-refractivity contribution in [2.45, 2.75) is 37.5 Å². The number of fused-ring (bicyclic) bond motifs is 5. The van der Waals surface area contributed by atoms with E-state index in [0.29, 0.717) is 11.8 Å². The van der Waals surface area contributed by atoms with Gasteiger partial charge in [-0.1, -0.05) is 243 Å². The predicted molar refractivity (Wildman–Crippen MR) is 341 cm³/mol. The first-order chi connectivity index (χ1) is 39.6. The third kappa shape index (κ3) is 6.88. The quantitative estimate of drug-likeness (QED) is 0.0979. The number of rotatable bonds is 10. The summed E-state index contributed by atoms with van der Waals surface area (Å²) in [6.07, 6.45) is 6.87. The molecule has 0 saturated heterocycles. The Kier molecular flexibility index (Phi) is 11.2. The lowest BCUT2D eigenvalue weighted by molar-refractivity contribution is -0.0419. The van der Waals surface area contributed by atoms with Crippen LogP contribution in [0.1, 0.15) is 43.2 Å². The van der Waals surface area contributed by atoms with Crippen molar-refractivity contribution in [2.75, 3.05) is 4.90 Å². The van der Waals surface area contributed by atoms with Crippen LogP contribution in [-0.4, -0.2) is 20.7 Å². The van der Waals surface area contributed by atoms with Gasteiger partial charge < -0.3 is 9.47 Å². The average Bonchev–Trinajstić information content (AvgIpc) is 4.00. The fourth-order valence-corrected chi connectivity index (χ4v) is 26.6. The van der Waals surface area contributed by atoms with Crippen LogP contribution in [0.5, 0.6) is 0 Å². The second-order valence-electron chi connectivity index (χ2n) is 23.6. The van der Waals surface area contributed by atoms with E-state index in [0.717, 1.165) is 17.5 Å². The van der Waals surface area contributed by atoms with Gasteiger partial charge in [0.1, 0.15) is 0 Å². The van der Waals surface area contributed by atoms with Crippen molar-refractivity contribution >= 4 is 96.5 Å². The Bertz CT molecular complexity index is 3980. The molecule has 0 atom stereocenters. The van der Waals surface area contributed by atoms with Gasteiger partial charge in [0.25, 0.3) is 0 Å². The molecule has 0 amide bonds. The lowest BCUT2D eigenvalue weighted by Crippen LogP contribution is -2.74. The average molecular weight is 1060 g/mol. The second kappa shape index (κ2) is 18.8. The van der Waals surface area contributed by atoms with E-state index in [1.165, 1.54) is 112 Å². The van der Waals surface area contributed by atoms with E-state index in [9.17, 15) is 0 Å². The molecule has 1 aliphatic heterocycles. The molecule has 2 nitrogen and oxygen atoms in total. The SMILES string of the molecule is c1ccc([Si](c2ccccc2)(c2ccccc2)c2cccc(-n3c4ccc(N5c6ccccc6C6(c7ccccc75)C5C[C@H]7C[C@@H](C5)C[C@@H]6C7)cc4c4cc([Si](c5ccccc5)(c5ccccc5)c5ccccc5)ccc43)c2)cc1. The molecule has 4 fully saturated rings. The largest absolute Gasteiger partial charge is 0.310 e. The summed E-state index contributed by atoms with van der Waals surface area (Å²) in [6, 6.07) is 112. The topological polar surface area (TPSA) is 8.17 Å². The van der Waals surface area contributed by atoms with Crippen molar-refractivity contribution < 1.29 is 0 Å². The van der Waals surface area contributed by atoms with Gasteiger partial charge in [0.05, 0.1) is 22.4 Å². The summed E-state index contributed by atoms with van der Waals surface area (Å²) in [5.74, 6) is 3.11. The molecule has 17 rings (SSSR count). The van der Waals surface area contributed by atoms with Crippen molar-refractivity contribution in [3.8, 4) is 5.69 Å². The molecule has 0 N–H and O–H groups in total. The molecular formula is C76H62N2Si2. The van der Waals surface area contributed by atoms with Gasteiger partial charge in [0.2, 0.25) is 0 Å². The molecule has 384 valence electrons. The van der Waals surface area contributed by atoms with Crippen LogP contribution in [0.3, 0.4) is 0 Å². The van der Waals surface area contributed by atoms with Gasteiger partial charge in [0.15, 0.2) is 16.1 Å². The highest BCUT2D eigenvalue weighted by Gasteiger charge is 2.61. The van der Waals surface area contributed by atoms with E-state index < -0.39 is 16.1 Å². The van der Waals surface area contributed by atoms with Crippen LogP contribution in [0, 0.1) is 23.7 Å². The third-order valence-electron chi connectivity index (χ3n) is 19.8. The van der Waals surface area contributed by atoms with E-state index in [2.05, 4.69) is 301 Å². The zero-order valence-corrected chi connectivity index (χ0v) is 47.0. The smallest absolute Gasteiger partial charge is 0.179 e. The molecule has 4 heteroatoms. The number of hydrogen-bond acceptors (Lipinski definition) is 1. The Morgan fingerprint density at radius 1 is 0.287 bits per heavy atom. The van der Waals surface area contributed by atoms with Gasteiger partial charge in [-0.15, -0.1) is 0 Å². The van der Waals surface area contributed by atoms with Gasteiger partial charge in [-0.3, -0.25) is 0 Å². The Morgan fingerprint density at radius 2 is 0.650 bits per heavy atom. The minimum Gasteiger partial charge on any atom is -0.310 e. The molecule has 0 unspecified atom stereocenters. The Labute approximate surface area is 472 Å². The van der Waals surface area contributed by atoms with Gasteiger partial charge in [-0.25, -0.2) is 0 Å². The van der Waals surface area contributed by atoms with Crippen LogP contribution in [0.15, 0.2) is 291 Å². The standard InChI is InChI=1S/C76H62N2Si2/c1-7-25-60(26-8-1)79(61-27-9-2-10-28-61,62-29-11-3-12-30-62)66-37-23-24-58(51-66)77-72-44-42-59(78-74-40-21-19-38-70(74)76(71-39-20-22-41-75(71)78)56-47-54-46-55(49-56)50-57(76)48-54)52-68(72)69-53-67(43-45-73(69)77)80(63-31-13-4-14-32-63,64-33-15-5-16-34-64)65-35-17-6-18-36-65/h1-45,51-57H,46-50H2/t54-,55+,56-,57?. The molecule has 4 aliphatic carbocycles. The third-order valence-corrected chi connectivity index (χ3v) is 29.4. The van der Waals surface area contributed by atoms with Crippen molar-refractivity contribution in [2.24, 2.45) is 23.7 Å². The van der Waals surface area contributed by atoms with Crippen molar-refractivity contribution in [1.82, 2.24) is 4.57 Å². The first kappa shape index (κ1) is 47.5. The van der Waals surface area contributed by atoms with Crippen LogP contribution in [0.2, 0.25) is 0 Å². The molecule has 0 radical (unpaired) electrons. The number of para-hydroxylation sites is 2. The molecule has 4 saturated carbocycles. The highest BCUT2D eigenvalue weighted by atomic mass is 28.3. The van der Waals surface area contributed by atoms with Crippen molar-refractivity contribution in [3.63, 3.8) is 0 Å². The molecule has 11 aromatic carbocycles. The minimum atomic E-state index is -2.91. The lowest BCUT2D eigenvalue weighted by atomic mass is 9.41. The second-order valence-corrected chi connectivity index (χ2v) is 31.2. The number of anilines is 3. The van der Waals surface area contributed by atoms with Crippen molar-refractivity contribution in [3.05, 3.63) is 302 Å². The summed E-state index contributed by atoms with van der Waals surface area (Å²) in [5.41, 5.74) is 10.6. The van der Waals surface area contributed by atoms with Crippen molar-refractivity contribution in [1.29, 1.82) is 0 Å². The molecule has 1 aromatic heterocycles. The summed E-state index contributed by atoms with van der Waals surface area (Å²) in [5, 5.41) is 13.5. The van der Waals surface area contributed by atoms with Crippen LogP contribution in [-0.2, 0) is 5.41 Å². The fraction of sp³-hybridized carbons (Fsp3) is 0.132. The predicted octanol–water partition coefficient (Wildman–Crippen LogP) is 13.1. The molecule has 5 aliphatic rings. The molecular weight excluding hydrogens is 997 g/mol. The maximum atomic E-state index is 2.64. The molecule has 4 bridgehead atoms. The van der Waals surface area contributed by atoms with E-state index in [4.69, 9.17) is 0 Å². The molecule has 80 heavy (non-hydrogen) atoms. The van der Waals surface area contributed by atoms with E-state index in [1.54, 1.807) is 11.1 Å². The van der Waals surface area contributed by atoms with E-state index >= 15 is 0 Å². The summed E-state index contributed by atoms with van der Waals surface area (Å²) < 4.78 is 2.58. The number of benzene rings is 11. The van der Waals surface area contributed by atoms with E-state index in [-0.39, 0.29) is 5.41 Å². The molecule has 2 heterocycles. The molecule has 1 spiro atoms. The van der Waals surface area contributed by atoms with Crippen LogP contribution >= 0.6 is 0 Å². The summed E-state index contributed by atoms with van der Waals surface area (Å²) in [6.45, 7) is 0. The highest BCUT2D eigenvalue weighted by molar-refractivity contribution is 7.20. The minimum absolute atomic E-state index is 0.0369. The number of hydrogen-bond donors (Lipinski definition) is 0. The van der Waals surface area contributed by atoms with Gasteiger partial charge >= 0.3 is 0 Å². The summed E-state index contributed by atoms with van der Waals surface area (Å²) in [7, 11) is -5.78. The zero-order valence-electron chi connectivity index (χ0n) is 45.0. The number of nitrogens with zero attached hydrogens (tertiary/aromatic N) is 2. The van der Waals surface area contributed by atoms with Gasteiger partial charge in [0, 0.05) is 27.6 Å². The first-order valence-corrected chi connectivity index (χ1v) is 33.2. The van der Waals surface area contributed by atoms with E-state index in [1.807, 2.05) is 0 Å². The Hall–Kier alpha value is -8.55. The van der Waals surface area contributed by atoms with Gasteiger partial charge in [-0.2, -0.15) is 0 Å². The molecule has 12 aromatic rings. The fourth-order valence-electron chi connectivity index (χ4n) is 17.1. The van der Waals surface area contributed by atoms with Crippen LogP contribution in [0.25, 0.3) is 27.5 Å². The maximum absolute atomic E-state index is 2.91. The normalized spacial score (nSPS) is 18.8. The summed E-state index contributed by atoms with van der Waals surface area (Å²) in [4.78, 5) is 2.64. The Morgan fingerprint density at radius 3 is 1.09 bits per heavy atom. The first-order valence-electron chi connectivity index (χ1n) is 29.2. The van der Waals surface area contributed by atoms with Crippen LogP contribution < -0.4 is 46.4 Å². The highest BCUT2D eigenvalue weighted by Crippen LogP contribution is 2.69. The number of aromatic nitrogens is 1. The summed E-state index contributed by atoms with van der Waals surface area (Å²) >= 11 is 0. The van der Waals surface area contributed by atoms with Crippen LogP contribution in [0.4, 0.5) is 17.1 Å². The zero-order chi connectivity index (χ0) is 52.8. The Balaban J connectivity index is 0.970. The lowest BCUT2D eigenvalue weighted by Gasteiger charge is -2.64. The monoisotopic (exact) mass is 1060 g/mol. The van der Waals surface area contributed by atoms with Gasteiger partial charge in [-0.05, 0) is 157 Å². The maximum Gasteiger partial charge on any atom is 0.179 e.